The zero-order valence-corrected chi connectivity index (χ0v) is 26.1. The van der Waals surface area contributed by atoms with Gasteiger partial charge in [-0.05, 0) is 82.7 Å². The number of carbonyl (C=O) groups excluding carboxylic acids is 1. The number of pyridine rings is 1. The van der Waals surface area contributed by atoms with Crippen LogP contribution in [0.2, 0.25) is 0 Å². The van der Waals surface area contributed by atoms with Gasteiger partial charge >= 0.3 is 6.09 Å². The van der Waals surface area contributed by atoms with Gasteiger partial charge in [-0.2, -0.15) is 0 Å². The maximum absolute atomic E-state index is 12.7. The molecule has 4 aromatic rings. The van der Waals surface area contributed by atoms with E-state index in [4.69, 9.17) is 14.5 Å². The van der Waals surface area contributed by atoms with Crippen LogP contribution in [0.5, 0.6) is 11.6 Å². The van der Waals surface area contributed by atoms with E-state index < -0.39 is 5.60 Å². The Morgan fingerprint density at radius 1 is 1.00 bits per heavy atom. The van der Waals surface area contributed by atoms with Crippen LogP contribution in [0, 0.1) is 12.8 Å². The summed E-state index contributed by atoms with van der Waals surface area (Å²) in [5, 5.41) is 9.24. The average molecular weight is 595 g/mol. The van der Waals surface area contributed by atoms with Gasteiger partial charge in [0.2, 0.25) is 11.8 Å². The van der Waals surface area contributed by atoms with Crippen LogP contribution in [0.25, 0.3) is 22.0 Å². The van der Waals surface area contributed by atoms with E-state index in [0.717, 1.165) is 58.6 Å². The Balaban J connectivity index is 1.21. The molecule has 2 aromatic carbocycles. The number of benzene rings is 2. The molecule has 2 aliphatic rings. The number of rotatable bonds is 9. The second-order valence-electron chi connectivity index (χ2n) is 12.9. The van der Waals surface area contributed by atoms with Crippen molar-refractivity contribution in [3.63, 3.8) is 0 Å². The van der Waals surface area contributed by atoms with Gasteiger partial charge in [-0.25, -0.2) is 19.7 Å². The highest BCUT2D eigenvalue weighted by atomic mass is 16.6. The first-order valence-electron chi connectivity index (χ1n) is 15.7. The molecule has 2 aromatic heterocycles. The van der Waals surface area contributed by atoms with Crippen LogP contribution in [-0.4, -0.2) is 57.2 Å². The smallest absolute Gasteiger partial charge is 0.410 e. The minimum absolute atomic E-state index is 0.0153. The predicted molar refractivity (Wildman–Crippen MR) is 174 cm³/mol. The summed E-state index contributed by atoms with van der Waals surface area (Å²) in [5.41, 5.74) is 3.09. The molecule has 2 N–H and O–H groups in total. The summed E-state index contributed by atoms with van der Waals surface area (Å²) in [7, 11) is 0. The van der Waals surface area contributed by atoms with Crippen molar-refractivity contribution in [3.05, 3.63) is 66.5 Å². The number of fused-ring (bicyclic) bond motifs is 1. The fourth-order valence-electron chi connectivity index (χ4n) is 5.66. The topological polar surface area (TPSA) is 102 Å². The molecule has 3 heterocycles. The SMILES string of the molecule is Cc1ccc2c(NCCC3CC3)cccc2c1Oc1ncccc1-c1ccnc(NC2CCCN(C(=O)OC(C)(C)C)C2)n1. The van der Waals surface area contributed by atoms with Crippen molar-refractivity contribution in [2.45, 2.75) is 71.4 Å². The van der Waals surface area contributed by atoms with Gasteiger partial charge in [-0.3, -0.25) is 0 Å². The van der Waals surface area contributed by atoms with Crippen molar-refractivity contribution in [3.8, 4) is 22.9 Å². The molecule has 1 amide bonds. The number of nitrogens with one attached hydrogen (secondary N) is 2. The van der Waals surface area contributed by atoms with Gasteiger partial charge in [0.05, 0.1) is 11.3 Å². The van der Waals surface area contributed by atoms with Crippen molar-refractivity contribution in [2.75, 3.05) is 30.3 Å². The van der Waals surface area contributed by atoms with E-state index in [2.05, 4.69) is 57.9 Å². The van der Waals surface area contributed by atoms with E-state index >= 15 is 0 Å². The van der Waals surface area contributed by atoms with Crippen LogP contribution >= 0.6 is 0 Å². The molecule has 1 atom stereocenters. The average Bonchev–Trinajstić information content (AvgIpc) is 3.83. The maximum Gasteiger partial charge on any atom is 0.410 e. The van der Waals surface area contributed by atoms with Gasteiger partial charge in [0.25, 0.3) is 0 Å². The number of anilines is 2. The highest BCUT2D eigenvalue weighted by Gasteiger charge is 2.28. The van der Waals surface area contributed by atoms with Gasteiger partial charge < -0.3 is 25.0 Å². The van der Waals surface area contributed by atoms with Crippen molar-refractivity contribution < 1.29 is 14.3 Å². The van der Waals surface area contributed by atoms with Crippen LogP contribution in [0.3, 0.4) is 0 Å². The summed E-state index contributed by atoms with van der Waals surface area (Å²) in [6.45, 7) is 9.88. The second-order valence-corrected chi connectivity index (χ2v) is 12.9. The van der Waals surface area contributed by atoms with Gasteiger partial charge in [-0.1, -0.05) is 37.1 Å². The van der Waals surface area contributed by atoms with E-state index in [0.29, 0.717) is 30.6 Å². The van der Waals surface area contributed by atoms with Crippen LogP contribution in [-0.2, 0) is 4.74 Å². The Morgan fingerprint density at radius 3 is 2.68 bits per heavy atom. The highest BCUT2D eigenvalue weighted by Crippen LogP contribution is 2.39. The molecule has 6 rings (SSSR count). The lowest BCUT2D eigenvalue weighted by Gasteiger charge is -2.34. The number of likely N-dealkylation sites (tertiary alicyclic amines) is 1. The summed E-state index contributed by atoms with van der Waals surface area (Å²) in [6, 6.07) is 16.3. The largest absolute Gasteiger partial charge is 0.444 e. The molecule has 2 fully saturated rings. The Kier molecular flexibility index (Phi) is 8.55. The highest BCUT2D eigenvalue weighted by molar-refractivity contribution is 5.98. The summed E-state index contributed by atoms with van der Waals surface area (Å²) in [4.78, 5) is 28.3. The second kappa shape index (κ2) is 12.7. The molecule has 1 unspecified atom stereocenters. The molecule has 0 spiro atoms. The molecule has 0 radical (unpaired) electrons. The molecule has 1 saturated heterocycles. The van der Waals surface area contributed by atoms with E-state index in [9.17, 15) is 4.79 Å². The number of piperidine rings is 1. The first-order chi connectivity index (χ1) is 21.2. The molecular weight excluding hydrogens is 552 g/mol. The van der Waals surface area contributed by atoms with E-state index in [1.165, 1.54) is 19.3 Å². The standard InChI is InChI=1S/C35H42N6O3/c1-23-12-15-26-27(9-5-11-29(26)36-19-16-24-13-14-24)31(23)43-32-28(10-6-18-37-32)30-17-20-38-33(40-30)39-25-8-7-21-41(22-25)34(42)44-35(2,3)4/h5-6,9-12,15,17-18,20,24-25,36H,7-8,13-14,16,19,21-22H2,1-4H3,(H,38,39,40). The Bertz CT molecular complexity index is 1630. The zero-order chi connectivity index (χ0) is 30.7. The van der Waals surface area contributed by atoms with E-state index in [1.807, 2.05) is 39.0 Å². The van der Waals surface area contributed by atoms with Crippen molar-refractivity contribution in [1.29, 1.82) is 0 Å². The van der Waals surface area contributed by atoms with Gasteiger partial charge in [0, 0.05) is 54.5 Å². The Labute approximate surface area is 259 Å². The van der Waals surface area contributed by atoms with Crippen LogP contribution in [0.15, 0.2) is 60.9 Å². The van der Waals surface area contributed by atoms with Crippen LogP contribution in [0.1, 0.15) is 58.4 Å². The van der Waals surface area contributed by atoms with E-state index in [1.54, 1.807) is 17.3 Å². The molecule has 9 heteroatoms. The zero-order valence-electron chi connectivity index (χ0n) is 26.1. The number of hydrogen-bond acceptors (Lipinski definition) is 8. The van der Waals surface area contributed by atoms with E-state index in [-0.39, 0.29) is 12.1 Å². The first kappa shape index (κ1) is 29.7. The third kappa shape index (κ3) is 7.21. The third-order valence-electron chi connectivity index (χ3n) is 8.08. The molecule has 0 bridgehead atoms. The van der Waals surface area contributed by atoms with Crippen LogP contribution < -0.4 is 15.4 Å². The monoisotopic (exact) mass is 594 g/mol. The molecule has 230 valence electrons. The quantitative estimate of drug-likeness (QED) is 0.202. The fourth-order valence-corrected chi connectivity index (χ4v) is 5.66. The van der Waals surface area contributed by atoms with Gasteiger partial charge in [0.1, 0.15) is 11.4 Å². The number of aromatic nitrogens is 3. The normalized spacial score (nSPS) is 16.9. The number of hydrogen-bond donors (Lipinski definition) is 2. The molecular formula is C35H42N6O3. The number of amides is 1. The molecule has 9 nitrogen and oxygen atoms in total. The Hall–Kier alpha value is -4.40. The predicted octanol–water partition coefficient (Wildman–Crippen LogP) is 7.82. The first-order valence-corrected chi connectivity index (χ1v) is 15.7. The lowest BCUT2D eigenvalue weighted by molar-refractivity contribution is 0.0206. The van der Waals surface area contributed by atoms with Crippen molar-refractivity contribution in [1.82, 2.24) is 19.9 Å². The lowest BCUT2D eigenvalue weighted by atomic mass is 10.0. The lowest BCUT2D eigenvalue weighted by Crippen LogP contribution is -2.47. The Morgan fingerprint density at radius 2 is 1.86 bits per heavy atom. The number of ether oxygens (including phenoxy) is 2. The molecule has 1 saturated carbocycles. The summed E-state index contributed by atoms with van der Waals surface area (Å²) in [6.07, 6.45) is 8.89. The molecule has 44 heavy (non-hydrogen) atoms. The third-order valence-corrected chi connectivity index (χ3v) is 8.08. The number of nitrogens with zero attached hydrogens (tertiary/aromatic N) is 4. The van der Waals surface area contributed by atoms with Crippen molar-refractivity contribution in [2.24, 2.45) is 5.92 Å². The fraction of sp³-hybridized carbons (Fsp3) is 0.429. The van der Waals surface area contributed by atoms with Gasteiger partial charge in [-0.15, -0.1) is 0 Å². The minimum Gasteiger partial charge on any atom is -0.444 e. The summed E-state index contributed by atoms with van der Waals surface area (Å²) < 4.78 is 12.2. The summed E-state index contributed by atoms with van der Waals surface area (Å²) in [5.74, 6) is 2.64. The maximum atomic E-state index is 12.7. The molecule has 1 aliphatic carbocycles. The number of carbonyl (C=O) groups is 1. The minimum atomic E-state index is -0.530. The van der Waals surface area contributed by atoms with Crippen LogP contribution in [0.4, 0.5) is 16.4 Å². The van der Waals surface area contributed by atoms with Crippen molar-refractivity contribution >= 4 is 28.5 Å². The number of aryl methyl sites for hydroxylation is 1. The van der Waals surface area contributed by atoms with Gasteiger partial charge in [0.15, 0.2) is 0 Å². The summed E-state index contributed by atoms with van der Waals surface area (Å²) >= 11 is 0. The molecule has 1 aliphatic heterocycles.